The van der Waals surface area contributed by atoms with Crippen LogP contribution in [-0.4, -0.2) is 29.6 Å². The Bertz CT molecular complexity index is 411. The molecular weight excluding hydrogens is 228 g/mol. The lowest BCUT2D eigenvalue weighted by atomic mass is 10.1. The average molecular weight is 246 g/mol. The molecule has 0 saturated carbocycles. The molecular formula is C14H18N2O2. The molecule has 2 heterocycles. The zero-order valence-electron chi connectivity index (χ0n) is 10.5. The van der Waals surface area contributed by atoms with Crippen LogP contribution in [0.15, 0.2) is 30.6 Å². The predicted molar refractivity (Wildman–Crippen MR) is 69.8 cm³/mol. The number of pyridine rings is 1. The van der Waals surface area contributed by atoms with Gasteiger partial charge in [-0.2, -0.15) is 0 Å². The molecule has 2 atom stereocenters. The fraction of sp³-hybridized carbons (Fsp3) is 0.429. The van der Waals surface area contributed by atoms with Gasteiger partial charge < -0.3 is 10.1 Å². The van der Waals surface area contributed by atoms with E-state index >= 15 is 0 Å². The normalized spacial score (nSPS) is 21.1. The van der Waals surface area contributed by atoms with Gasteiger partial charge in [0.05, 0.1) is 12.1 Å². The molecule has 18 heavy (non-hydrogen) atoms. The Morgan fingerprint density at radius 1 is 1.56 bits per heavy atom. The van der Waals surface area contributed by atoms with E-state index in [1.54, 1.807) is 24.5 Å². The largest absolute Gasteiger partial charge is 0.376 e. The smallest absolute Gasteiger partial charge is 0.244 e. The van der Waals surface area contributed by atoms with E-state index in [4.69, 9.17) is 4.74 Å². The van der Waals surface area contributed by atoms with Crippen molar-refractivity contribution in [3.8, 4) is 0 Å². The lowest BCUT2D eigenvalue weighted by Gasteiger charge is -2.18. The number of hydrogen-bond donors (Lipinski definition) is 1. The van der Waals surface area contributed by atoms with E-state index in [2.05, 4.69) is 10.3 Å². The van der Waals surface area contributed by atoms with Crippen LogP contribution in [0.4, 0.5) is 0 Å². The second-order valence-corrected chi connectivity index (χ2v) is 4.46. The number of amides is 1. The molecule has 1 saturated heterocycles. The predicted octanol–water partition coefficient (Wildman–Crippen LogP) is 1.78. The van der Waals surface area contributed by atoms with E-state index in [9.17, 15) is 4.79 Å². The summed E-state index contributed by atoms with van der Waals surface area (Å²) < 4.78 is 5.53. The van der Waals surface area contributed by atoms with Gasteiger partial charge in [0.1, 0.15) is 0 Å². The SMILES string of the molecule is CC(NC(=O)C=Cc1ccncc1)C1CCCO1. The van der Waals surface area contributed by atoms with Crippen molar-refractivity contribution in [2.75, 3.05) is 6.61 Å². The Kier molecular flexibility index (Phi) is 4.47. The highest BCUT2D eigenvalue weighted by Crippen LogP contribution is 2.15. The van der Waals surface area contributed by atoms with E-state index in [0.29, 0.717) is 0 Å². The summed E-state index contributed by atoms with van der Waals surface area (Å²) >= 11 is 0. The minimum Gasteiger partial charge on any atom is -0.376 e. The third-order valence-electron chi connectivity index (χ3n) is 3.03. The third kappa shape index (κ3) is 3.67. The van der Waals surface area contributed by atoms with Crippen LogP contribution in [0.3, 0.4) is 0 Å². The zero-order chi connectivity index (χ0) is 12.8. The maximum absolute atomic E-state index is 11.7. The maximum Gasteiger partial charge on any atom is 0.244 e. The van der Waals surface area contributed by atoms with Gasteiger partial charge >= 0.3 is 0 Å². The second-order valence-electron chi connectivity index (χ2n) is 4.46. The van der Waals surface area contributed by atoms with Gasteiger partial charge in [-0.3, -0.25) is 9.78 Å². The second kappa shape index (κ2) is 6.31. The van der Waals surface area contributed by atoms with Gasteiger partial charge in [-0.05, 0) is 43.5 Å². The Morgan fingerprint density at radius 2 is 2.33 bits per heavy atom. The van der Waals surface area contributed by atoms with Crippen molar-refractivity contribution in [2.45, 2.75) is 31.9 Å². The van der Waals surface area contributed by atoms with Gasteiger partial charge in [0, 0.05) is 25.1 Å². The van der Waals surface area contributed by atoms with Crippen molar-refractivity contribution >= 4 is 12.0 Å². The molecule has 1 aliphatic heterocycles. The first kappa shape index (κ1) is 12.8. The Hall–Kier alpha value is -1.68. The molecule has 4 nitrogen and oxygen atoms in total. The fourth-order valence-corrected chi connectivity index (χ4v) is 2.01. The van der Waals surface area contributed by atoms with E-state index in [0.717, 1.165) is 25.0 Å². The maximum atomic E-state index is 11.7. The summed E-state index contributed by atoms with van der Waals surface area (Å²) in [5.74, 6) is -0.0881. The summed E-state index contributed by atoms with van der Waals surface area (Å²) in [6.45, 7) is 2.78. The zero-order valence-corrected chi connectivity index (χ0v) is 10.5. The Balaban J connectivity index is 1.83. The number of ether oxygens (including phenoxy) is 1. The highest BCUT2D eigenvalue weighted by atomic mass is 16.5. The molecule has 1 aromatic rings. The number of hydrogen-bond acceptors (Lipinski definition) is 3. The molecule has 0 spiro atoms. The molecule has 2 rings (SSSR count). The minimum atomic E-state index is -0.0881. The molecule has 0 radical (unpaired) electrons. The molecule has 0 bridgehead atoms. The van der Waals surface area contributed by atoms with Crippen LogP contribution in [0.2, 0.25) is 0 Å². The first-order valence-corrected chi connectivity index (χ1v) is 6.26. The van der Waals surface area contributed by atoms with Gasteiger partial charge in [0.15, 0.2) is 0 Å². The lowest BCUT2D eigenvalue weighted by molar-refractivity contribution is -0.117. The monoisotopic (exact) mass is 246 g/mol. The summed E-state index contributed by atoms with van der Waals surface area (Å²) in [5, 5.41) is 2.93. The Morgan fingerprint density at radius 3 is 3.00 bits per heavy atom. The van der Waals surface area contributed by atoms with Crippen molar-refractivity contribution in [1.29, 1.82) is 0 Å². The van der Waals surface area contributed by atoms with Crippen molar-refractivity contribution in [2.24, 2.45) is 0 Å². The van der Waals surface area contributed by atoms with Gasteiger partial charge in [-0.25, -0.2) is 0 Å². The van der Waals surface area contributed by atoms with Crippen LogP contribution >= 0.6 is 0 Å². The highest BCUT2D eigenvalue weighted by molar-refractivity contribution is 5.91. The van der Waals surface area contributed by atoms with Crippen molar-refractivity contribution in [3.05, 3.63) is 36.2 Å². The molecule has 1 aliphatic rings. The van der Waals surface area contributed by atoms with Crippen LogP contribution < -0.4 is 5.32 Å². The number of rotatable bonds is 4. The van der Waals surface area contributed by atoms with Crippen LogP contribution in [-0.2, 0) is 9.53 Å². The average Bonchev–Trinajstić information content (AvgIpc) is 2.91. The standard InChI is InChI=1S/C14H18N2O2/c1-11(13-3-2-10-18-13)16-14(17)5-4-12-6-8-15-9-7-12/h4-9,11,13H,2-3,10H2,1H3,(H,16,17). The van der Waals surface area contributed by atoms with E-state index in [-0.39, 0.29) is 18.1 Å². The molecule has 0 aromatic carbocycles. The summed E-state index contributed by atoms with van der Waals surface area (Å²) in [4.78, 5) is 15.6. The summed E-state index contributed by atoms with van der Waals surface area (Å²) in [7, 11) is 0. The first-order chi connectivity index (χ1) is 8.75. The molecule has 1 N–H and O–H groups in total. The number of nitrogens with one attached hydrogen (secondary N) is 1. The van der Waals surface area contributed by atoms with Crippen LogP contribution in [0.25, 0.3) is 6.08 Å². The van der Waals surface area contributed by atoms with E-state index in [1.807, 2.05) is 19.1 Å². The minimum absolute atomic E-state index is 0.0575. The molecule has 4 heteroatoms. The fourth-order valence-electron chi connectivity index (χ4n) is 2.01. The number of carbonyl (C=O) groups is 1. The van der Waals surface area contributed by atoms with Gasteiger partial charge in [-0.15, -0.1) is 0 Å². The summed E-state index contributed by atoms with van der Waals surface area (Å²) in [6.07, 6.45) is 8.98. The summed E-state index contributed by atoms with van der Waals surface area (Å²) in [5.41, 5.74) is 0.963. The number of carbonyl (C=O) groups excluding carboxylic acids is 1. The van der Waals surface area contributed by atoms with Crippen molar-refractivity contribution in [1.82, 2.24) is 10.3 Å². The Labute approximate surface area is 107 Å². The molecule has 1 amide bonds. The van der Waals surface area contributed by atoms with Crippen LogP contribution in [0.1, 0.15) is 25.3 Å². The van der Waals surface area contributed by atoms with Gasteiger partial charge in [0.25, 0.3) is 0 Å². The number of nitrogens with zero attached hydrogens (tertiary/aromatic N) is 1. The van der Waals surface area contributed by atoms with Crippen molar-refractivity contribution < 1.29 is 9.53 Å². The molecule has 0 aliphatic carbocycles. The highest BCUT2D eigenvalue weighted by Gasteiger charge is 2.22. The van der Waals surface area contributed by atoms with Gasteiger partial charge in [0.2, 0.25) is 5.91 Å². The van der Waals surface area contributed by atoms with Crippen LogP contribution in [0.5, 0.6) is 0 Å². The molecule has 1 aromatic heterocycles. The van der Waals surface area contributed by atoms with E-state index < -0.39 is 0 Å². The summed E-state index contributed by atoms with van der Waals surface area (Å²) in [6, 6.07) is 3.77. The molecule has 1 fully saturated rings. The topological polar surface area (TPSA) is 51.2 Å². The van der Waals surface area contributed by atoms with E-state index in [1.165, 1.54) is 0 Å². The molecule has 96 valence electrons. The van der Waals surface area contributed by atoms with Gasteiger partial charge in [-0.1, -0.05) is 0 Å². The quantitative estimate of drug-likeness (QED) is 0.824. The first-order valence-electron chi connectivity index (χ1n) is 6.26. The lowest BCUT2D eigenvalue weighted by Crippen LogP contribution is -2.40. The number of aromatic nitrogens is 1. The van der Waals surface area contributed by atoms with Crippen molar-refractivity contribution in [3.63, 3.8) is 0 Å². The third-order valence-corrected chi connectivity index (χ3v) is 3.03. The molecule has 2 unspecified atom stereocenters. The van der Waals surface area contributed by atoms with Crippen LogP contribution in [0, 0.1) is 0 Å².